The fraction of sp³-hybridized carbons (Fsp3) is 0.333. The summed E-state index contributed by atoms with van der Waals surface area (Å²) in [4.78, 5) is 0. The summed E-state index contributed by atoms with van der Waals surface area (Å²) in [6, 6.07) is 4.62. The van der Waals surface area contributed by atoms with Crippen molar-refractivity contribution in [2.45, 2.75) is 19.4 Å². The Labute approximate surface area is 89.6 Å². The maximum absolute atomic E-state index is 13.7. The molecule has 15 heavy (non-hydrogen) atoms. The van der Waals surface area contributed by atoms with Gasteiger partial charge < -0.3 is 10.5 Å². The first-order chi connectivity index (χ1) is 7.06. The van der Waals surface area contributed by atoms with E-state index >= 15 is 0 Å². The maximum atomic E-state index is 13.7. The van der Waals surface area contributed by atoms with Crippen molar-refractivity contribution in [1.82, 2.24) is 0 Å². The van der Waals surface area contributed by atoms with Gasteiger partial charge >= 0.3 is 0 Å². The zero-order chi connectivity index (χ0) is 11.4. The van der Waals surface area contributed by atoms with E-state index in [1.54, 1.807) is 18.2 Å². The van der Waals surface area contributed by atoms with Crippen LogP contribution in [-0.2, 0) is 0 Å². The molecule has 1 aromatic carbocycles. The number of ether oxygens (including phenoxy) is 1. The lowest BCUT2D eigenvalue weighted by Crippen LogP contribution is -2.12. The summed E-state index contributed by atoms with van der Waals surface area (Å²) < 4.78 is 18.6. The molecule has 0 amide bonds. The van der Waals surface area contributed by atoms with E-state index in [1.165, 1.54) is 7.11 Å². The highest BCUT2D eigenvalue weighted by Crippen LogP contribution is 2.26. The van der Waals surface area contributed by atoms with Crippen molar-refractivity contribution in [3.05, 3.63) is 41.7 Å². The first-order valence-electron chi connectivity index (χ1n) is 4.78. The Balaban J connectivity index is 2.98. The summed E-state index contributed by atoms with van der Waals surface area (Å²) >= 11 is 0. The highest BCUT2D eigenvalue weighted by molar-refractivity contribution is 5.33. The van der Waals surface area contributed by atoms with Crippen molar-refractivity contribution < 1.29 is 9.13 Å². The Morgan fingerprint density at radius 2 is 2.27 bits per heavy atom. The average Bonchev–Trinajstić information content (AvgIpc) is 2.17. The van der Waals surface area contributed by atoms with E-state index in [0.717, 1.165) is 5.57 Å². The first kappa shape index (κ1) is 11.7. The molecule has 0 unspecified atom stereocenters. The number of hydrogen-bond acceptors (Lipinski definition) is 2. The van der Waals surface area contributed by atoms with Crippen LogP contribution in [0.3, 0.4) is 0 Å². The van der Waals surface area contributed by atoms with Crippen LogP contribution in [0.2, 0.25) is 0 Å². The zero-order valence-corrected chi connectivity index (χ0v) is 9.09. The Kier molecular flexibility index (Phi) is 3.86. The van der Waals surface area contributed by atoms with E-state index in [9.17, 15) is 4.39 Å². The van der Waals surface area contributed by atoms with Gasteiger partial charge in [-0.05, 0) is 19.4 Å². The number of benzene rings is 1. The van der Waals surface area contributed by atoms with E-state index < -0.39 is 0 Å². The van der Waals surface area contributed by atoms with Gasteiger partial charge in [0.25, 0.3) is 0 Å². The lowest BCUT2D eigenvalue weighted by molar-refractivity contribution is 0.382. The van der Waals surface area contributed by atoms with E-state index in [2.05, 4.69) is 6.58 Å². The fourth-order valence-electron chi connectivity index (χ4n) is 1.46. The number of methoxy groups -OCH3 is 1. The van der Waals surface area contributed by atoms with Crippen molar-refractivity contribution >= 4 is 0 Å². The van der Waals surface area contributed by atoms with Crippen LogP contribution in [0.1, 0.15) is 24.9 Å². The number of rotatable bonds is 4. The van der Waals surface area contributed by atoms with E-state index in [1.807, 2.05) is 6.92 Å². The highest BCUT2D eigenvalue weighted by Gasteiger charge is 2.14. The monoisotopic (exact) mass is 209 g/mol. The van der Waals surface area contributed by atoms with Gasteiger partial charge in [-0.3, -0.25) is 0 Å². The van der Waals surface area contributed by atoms with Crippen LogP contribution in [0.25, 0.3) is 0 Å². The summed E-state index contributed by atoms with van der Waals surface area (Å²) in [6.07, 6.45) is 0.573. The molecule has 1 rings (SSSR count). The van der Waals surface area contributed by atoms with Crippen LogP contribution >= 0.6 is 0 Å². The molecule has 0 saturated heterocycles. The summed E-state index contributed by atoms with van der Waals surface area (Å²) in [6.45, 7) is 5.63. The Morgan fingerprint density at radius 3 is 2.80 bits per heavy atom. The van der Waals surface area contributed by atoms with Crippen LogP contribution in [-0.4, -0.2) is 7.11 Å². The Morgan fingerprint density at radius 1 is 1.60 bits per heavy atom. The van der Waals surface area contributed by atoms with Gasteiger partial charge in [0.2, 0.25) is 0 Å². The predicted molar refractivity (Wildman–Crippen MR) is 59.3 cm³/mol. The molecule has 0 aliphatic carbocycles. The Bertz CT molecular complexity index is 363. The minimum atomic E-state index is -0.381. The van der Waals surface area contributed by atoms with Crippen molar-refractivity contribution in [3.8, 4) is 5.75 Å². The van der Waals surface area contributed by atoms with Crippen molar-refractivity contribution in [3.63, 3.8) is 0 Å². The summed E-state index contributed by atoms with van der Waals surface area (Å²) in [5, 5.41) is 0. The minimum Gasteiger partial charge on any atom is -0.494 e. The van der Waals surface area contributed by atoms with E-state index in [0.29, 0.717) is 12.0 Å². The molecule has 3 heteroatoms. The second-order valence-electron chi connectivity index (χ2n) is 3.63. The van der Waals surface area contributed by atoms with Gasteiger partial charge in [0.05, 0.1) is 7.11 Å². The van der Waals surface area contributed by atoms with Crippen molar-refractivity contribution in [2.75, 3.05) is 7.11 Å². The van der Waals surface area contributed by atoms with Crippen LogP contribution < -0.4 is 10.5 Å². The zero-order valence-electron chi connectivity index (χ0n) is 9.09. The second kappa shape index (κ2) is 4.94. The smallest absolute Gasteiger partial charge is 0.169 e. The molecule has 0 aromatic heterocycles. The van der Waals surface area contributed by atoms with Gasteiger partial charge in [0.1, 0.15) is 0 Å². The summed E-state index contributed by atoms with van der Waals surface area (Å²) in [7, 11) is 1.44. The molecule has 0 fully saturated rings. The molecule has 0 saturated carbocycles. The minimum absolute atomic E-state index is 0.227. The maximum Gasteiger partial charge on any atom is 0.169 e. The van der Waals surface area contributed by atoms with Crippen molar-refractivity contribution in [1.29, 1.82) is 0 Å². The van der Waals surface area contributed by atoms with Crippen LogP contribution in [0.5, 0.6) is 5.75 Å². The SMILES string of the molecule is C=C(C)C[C@@H](N)c1cccc(OC)c1F. The Hall–Kier alpha value is -1.35. The van der Waals surface area contributed by atoms with E-state index in [4.69, 9.17) is 10.5 Å². The summed E-state index contributed by atoms with van der Waals surface area (Å²) in [5.74, 6) is -0.154. The van der Waals surface area contributed by atoms with Crippen molar-refractivity contribution in [2.24, 2.45) is 5.73 Å². The lowest BCUT2D eigenvalue weighted by Gasteiger charge is -2.14. The van der Waals surface area contributed by atoms with Gasteiger partial charge in [-0.1, -0.05) is 17.7 Å². The summed E-state index contributed by atoms with van der Waals surface area (Å²) in [5.41, 5.74) is 7.27. The highest BCUT2D eigenvalue weighted by atomic mass is 19.1. The molecule has 0 radical (unpaired) electrons. The third-order valence-electron chi connectivity index (χ3n) is 2.18. The average molecular weight is 209 g/mol. The molecule has 2 N–H and O–H groups in total. The van der Waals surface area contributed by atoms with Crippen LogP contribution in [0, 0.1) is 5.82 Å². The first-order valence-corrected chi connectivity index (χ1v) is 4.78. The molecule has 0 spiro atoms. The quantitative estimate of drug-likeness (QED) is 0.774. The molecule has 82 valence electrons. The topological polar surface area (TPSA) is 35.2 Å². The van der Waals surface area contributed by atoms with Gasteiger partial charge in [0, 0.05) is 11.6 Å². The molecule has 1 atom stereocenters. The molecule has 2 nitrogen and oxygen atoms in total. The molecular weight excluding hydrogens is 193 g/mol. The van der Waals surface area contributed by atoms with Crippen LogP contribution in [0.4, 0.5) is 4.39 Å². The lowest BCUT2D eigenvalue weighted by atomic mass is 10.0. The number of nitrogens with two attached hydrogens (primary N) is 1. The molecule has 0 bridgehead atoms. The number of halogens is 1. The second-order valence-corrected chi connectivity index (χ2v) is 3.63. The largest absolute Gasteiger partial charge is 0.494 e. The fourth-order valence-corrected chi connectivity index (χ4v) is 1.46. The molecule has 0 aliphatic heterocycles. The standard InChI is InChI=1S/C12H16FNO/c1-8(2)7-10(14)9-5-4-6-11(15-3)12(9)13/h4-6,10H,1,7,14H2,2-3H3/t10-/m1/s1. The molecule has 0 aliphatic rings. The van der Waals surface area contributed by atoms with E-state index in [-0.39, 0.29) is 17.6 Å². The van der Waals surface area contributed by atoms with Gasteiger partial charge in [0.15, 0.2) is 11.6 Å². The number of hydrogen-bond donors (Lipinski definition) is 1. The van der Waals surface area contributed by atoms with Crippen LogP contribution in [0.15, 0.2) is 30.4 Å². The molecular formula is C12H16FNO. The molecule has 1 aromatic rings. The van der Waals surface area contributed by atoms with Gasteiger partial charge in [-0.2, -0.15) is 0 Å². The normalized spacial score (nSPS) is 12.3. The predicted octanol–water partition coefficient (Wildman–Crippen LogP) is 2.80. The third-order valence-corrected chi connectivity index (χ3v) is 2.18. The van der Waals surface area contributed by atoms with Gasteiger partial charge in [-0.25, -0.2) is 4.39 Å². The molecule has 0 heterocycles. The van der Waals surface area contributed by atoms with Gasteiger partial charge in [-0.15, -0.1) is 6.58 Å². The third kappa shape index (κ3) is 2.80.